The smallest absolute Gasteiger partial charge is 0.407 e. The third-order valence-corrected chi connectivity index (χ3v) is 9.09. The van der Waals surface area contributed by atoms with Gasteiger partial charge in [-0.05, 0) is 77.1 Å². The minimum Gasteiger partial charge on any atom is -0.488 e. The Hall–Kier alpha value is -6.55. The zero-order valence-corrected chi connectivity index (χ0v) is 30.1. The number of nitrogens with one attached hydrogen (secondary N) is 1. The summed E-state index contributed by atoms with van der Waals surface area (Å²) in [5, 5.41) is 20.7. The van der Waals surface area contributed by atoms with Crippen molar-refractivity contribution in [3.8, 4) is 39.8 Å². The number of rotatable bonds is 13. The zero-order chi connectivity index (χ0) is 38.2. The summed E-state index contributed by atoms with van der Waals surface area (Å²) < 4.78 is 18.6. The van der Waals surface area contributed by atoms with Gasteiger partial charge in [-0.2, -0.15) is 5.26 Å². The van der Waals surface area contributed by atoms with Crippen LogP contribution < -0.4 is 20.3 Å². The van der Waals surface area contributed by atoms with E-state index in [0.717, 1.165) is 38.9 Å². The van der Waals surface area contributed by atoms with Crippen LogP contribution in [0, 0.1) is 25.2 Å². The molecule has 0 bridgehead atoms. The second-order valence-electron chi connectivity index (χ2n) is 12.2. The van der Waals surface area contributed by atoms with Gasteiger partial charge in [-0.15, -0.1) is 0 Å². The molecule has 3 heterocycles. The average molecular weight is 744 g/mol. The number of hydrogen-bond acceptors (Lipinski definition) is 10. The van der Waals surface area contributed by atoms with E-state index in [1.807, 2.05) is 62.4 Å². The van der Waals surface area contributed by atoms with Crippen LogP contribution in [-0.4, -0.2) is 45.0 Å². The van der Waals surface area contributed by atoms with Crippen LogP contribution in [-0.2, 0) is 24.6 Å². The highest BCUT2D eigenvalue weighted by Crippen LogP contribution is 2.36. The number of carbonyl (C=O) groups is 2. The van der Waals surface area contributed by atoms with E-state index in [-0.39, 0.29) is 60.4 Å². The van der Waals surface area contributed by atoms with Gasteiger partial charge in [-0.3, -0.25) is 19.0 Å². The van der Waals surface area contributed by atoms with Crippen LogP contribution in [0.25, 0.3) is 27.9 Å². The summed E-state index contributed by atoms with van der Waals surface area (Å²) in [7, 11) is 0. The molecular weight excluding hydrogens is 710 g/mol. The molecule has 2 N–H and O–H groups in total. The van der Waals surface area contributed by atoms with E-state index in [2.05, 4.69) is 21.4 Å². The number of benzene rings is 3. The summed E-state index contributed by atoms with van der Waals surface area (Å²) in [5.74, 6) is 0.628. The molecule has 0 spiro atoms. The summed E-state index contributed by atoms with van der Waals surface area (Å²) in [5.41, 5.74) is 8.43. The van der Waals surface area contributed by atoms with Crippen molar-refractivity contribution in [2.24, 2.45) is 0 Å². The Kier molecular flexibility index (Phi) is 11.6. The van der Waals surface area contributed by atoms with Crippen molar-refractivity contribution in [1.82, 2.24) is 19.7 Å². The van der Waals surface area contributed by atoms with Crippen LogP contribution >= 0.6 is 11.6 Å². The van der Waals surface area contributed by atoms with Crippen LogP contribution in [0.5, 0.6) is 11.5 Å². The first-order valence-corrected chi connectivity index (χ1v) is 17.2. The van der Waals surface area contributed by atoms with Crippen molar-refractivity contribution in [3.05, 3.63) is 146 Å². The van der Waals surface area contributed by atoms with E-state index in [9.17, 15) is 19.6 Å². The molecular formula is C41H34ClN5O7. The number of aldehydes is 1. The lowest BCUT2D eigenvalue weighted by molar-refractivity contribution is 0.111. The van der Waals surface area contributed by atoms with E-state index in [1.165, 1.54) is 22.9 Å². The molecule has 6 aromatic rings. The summed E-state index contributed by atoms with van der Waals surface area (Å²) in [6.07, 6.45) is 6.01. The minimum absolute atomic E-state index is 0.0462. The number of halogens is 1. The molecule has 6 rings (SSSR count). The Labute approximate surface area is 315 Å². The lowest BCUT2D eigenvalue weighted by Gasteiger charge is -2.17. The van der Waals surface area contributed by atoms with Crippen molar-refractivity contribution < 1.29 is 28.9 Å². The molecule has 0 aliphatic carbocycles. The number of aliphatic hydroxyl groups is 1. The molecule has 0 atom stereocenters. The number of amides is 1. The van der Waals surface area contributed by atoms with E-state index in [4.69, 9.17) is 30.9 Å². The number of hydrogen-bond donors (Lipinski definition) is 2. The SMILES string of the molecule is Cc1c(COc2cc(OCc3cncc(C#N)c3)c(C=O)cc2Cl)cccc1-c1cccc(-c2ccn3c(=O)c(COC(=O)NCCO)cnc3c2)c1C. The molecule has 0 aliphatic rings. The molecule has 0 aliphatic heterocycles. The normalized spacial score (nSPS) is 10.8. The highest BCUT2D eigenvalue weighted by molar-refractivity contribution is 6.32. The van der Waals surface area contributed by atoms with Crippen molar-refractivity contribution >= 4 is 29.6 Å². The van der Waals surface area contributed by atoms with Crippen molar-refractivity contribution in [3.63, 3.8) is 0 Å². The lowest BCUT2D eigenvalue weighted by atomic mass is 9.90. The van der Waals surface area contributed by atoms with Gasteiger partial charge in [0.2, 0.25) is 0 Å². The van der Waals surface area contributed by atoms with Gasteiger partial charge in [0.25, 0.3) is 5.56 Å². The highest BCUT2D eigenvalue weighted by atomic mass is 35.5. The van der Waals surface area contributed by atoms with Gasteiger partial charge in [-0.1, -0.05) is 48.0 Å². The summed E-state index contributed by atoms with van der Waals surface area (Å²) >= 11 is 6.52. The Balaban J connectivity index is 1.21. The number of pyridine rings is 2. The number of aliphatic hydroxyl groups excluding tert-OH is 1. The molecule has 12 nitrogen and oxygen atoms in total. The summed E-state index contributed by atoms with van der Waals surface area (Å²) in [6.45, 7) is 3.91. The van der Waals surface area contributed by atoms with Gasteiger partial charge in [0.1, 0.15) is 43.0 Å². The fraction of sp³-hybridized carbons (Fsp3) is 0.171. The monoisotopic (exact) mass is 743 g/mol. The number of fused-ring (bicyclic) bond motifs is 1. The molecule has 0 saturated carbocycles. The summed E-state index contributed by atoms with van der Waals surface area (Å²) in [6, 6.07) is 22.5. The van der Waals surface area contributed by atoms with Crippen molar-refractivity contribution in [2.45, 2.75) is 33.7 Å². The molecule has 0 radical (unpaired) electrons. The maximum atomic E-state index is 13.1. The number of alkyl carbamates (subject to hydrolysis) is 1. The molecule has 1 amide bonds. The van der Waals surface area contributed by atoms with Crippen LogP contribution in [0.4, 0.5) is 4.79 Å². The Morgan fingerprint density at radius 1 is 0.926 bits per heavy atom. The maximum absolute atomic E-state index is 13.1. The Bertz CT molecular complexity index is 2480. The molecule has 3 aromatic heterocycles. The number of nitrogens with zero attached hydrogens (tertiary/aromatic N) is 4. The molecule has 13 heteroatoms. The van der Waals surface area contributed by atoms with Gasteiger partial charge in [0.15, 0.2) is 6.29 Å². The molecule has 3 aromatic carbocycles. The van der Waals surface area contributed by atoms with Crippen molar-refractivity contribution in [1.29, 1.82) is 5.26 Å². The number of aromatic nitrogens is 3. The van der Waals surface area contributed by atoms with Crippen LogP contribution in [0.15, 0.2) is 96.3 Å². The fourth-order valence-corrected chi connectivity index (χ4v) is 6.15. The first-order valence-electron chi connectivity index (χ1n) is 16.8. The van der Waals surface area contributed by atoms with Gasteiger partial charge >= 0.3 is 6.09 Å². The number of carbonyl (C=O) groups excluding carboxylic acids is 2. The highest BCUT2D eigenvalue weighted by Gasteiger charge is 2.16. The number of ether oxygens (including phenoxy) is 3. The van der Waals surface area contributed by atoms with Gasteiger partial charge in [0.05, 0.1) is 28.3 Å². The standard InChI is InChI=1S/C41H34ClN5O7/c1-25-30(23-53-38-16-37(31(21-49)14-36(38)42)52-22-28-13-27(17-43)18-44-19-28)5-3-7-34(25)35-8-4-6-33(26(35)2)29-9-11-47-39(15-29)46-20-32(40(47)50)24-54-41(51)45-10-12-48/h3-9,11,13-16,18-21,48H,10,12,22-24H2,1-2H3,(H,45,51). The fourth-order valence-electron chi connectivity index (χ4n) is 5.93. The molecule has 0 fully saturated rings. The molecule has 272 valence electrons. The van der Waals surface area contributed by atoms with E-state index in [0.29, 0.717) is 28.8 Å². The second-order valence-corrected chi connectivity index (χ2v) is 12.6. The Morgan fingerprint density at radius 2 is 1.69 bits per heavy atom. The van der Waals surface area contributed by atoms with Crippen LogP contribution in [0.1, 0.15) is 43.7 Å². The van der Waals surface area contributed by atoms with Gasteiger partial charge in [-0.25, -0.2) is 9.78 Å². The lowest BCUT2D eigenvalue weighted by Crippen LogP contribution is -2.28. The second kappa shape index (κ2) is 16.9. The van der Waals surface area contributed by atoms with Crippen LogP contribution in [0.2, 0.25) is 5.02 Å². The number of nitriles is 1. The first-order chi connectivity index (χ1) is 26.2. The Morgan fingerprint density at radius 3 is 2.46 bits per heavy atom. The zero-order valence-electron chi connectivity index (χ0n) is 29.3. The van der Waals surface area contributed by atoms with E-state index in [1.54, 1.807) is 24.5 Å². The predicted molar refractivity (Wildman–Crippen MR) is 202 cm³/mol. The van der Waals surface area contributed by atoms with Crippen molar-refractivity contribution in [2.75, 3.05) is 13.2 Å². The summed E-state index contributed by atoms with van der Waals surface area (Å²) in [4.78, 5) is 45.2. The average Bonchev–Trinajstić information content (AvgIpc) is 3.19. The first kappa shape index (κ1) is 37.2. The van der Waals surface area contributed by atoms with Crippen LogP contribution in [0.3, 0.4) is 0 Å². The van der Waals surface area contributed by atoms with Gasteiger partial charge < -0.3 is 24.6 Å². The third-order valence-electron chi connectivity index (χ3n) is 8.79. The molecule has 0 unspecified atom stereocenters. The quantitative estimate of drug-likeness (QED) is 0.121. The maximum Gasteiger partial charge on any atom is 0.407 e. The predicted octanol–water partition coefficient (Wildman–Crippen LogP) is 6.75. The largest absolute Gasteiger partial charge is 0.488 e. The van der Waals surface area contributed by atoms with E-state index < -0.39 is 6.09 Å². The topological polar surface area (TPSA) is 165 Å². The molecule has 0 saturated heterocycles. The van der Waals surface area contributed by atoms with E-state index >= 15 is 0 Å². The third kappa shape index (κ3) is 8.23. The minimum atomic E-state index is -0.739. The van der Waals surface area contributed by atoms with Gasteiger partial charge in [0, 0.05) is 43.0 Å². The molecule has 54 heavy (non-hydrogen) atoms.